The van der Waals surface area contributed by atoms with Gasteiger partial charge in [0.05, 0.1) is 0 Å². The summed E-state index contributed by atoms with van der Waals surface area (Å²) in [5.74, 6) is 1.72. The SMILES string of the molecule is CC(C)(C)[Si](OCCCNCCc1ccc(Oc2ccccc2)cc1)(c1ccccc1)c1ccccc1. The number of para-hydroxylation sites is 1. The Morgan fingerprint density at radius 2 is 1.14 bits per heavy atom. The fourth-order valence-electron chi connectivity index (χ4n) is 4.89. The average molecular weight is 510 g/mol. The van der Waals surface area contributed by atoms with Gasteiger partial charge in [0.2, 0.25) is 0 Å². The van der Waals surface area contributed by atoms with Crippen LogP contribution in [0.4, 0.5) is 0 Å². The Kier molecular flexibility index (Phi) is 9.34. The molecular weight excluding hydrogens is 470 g/mol. The molecule has 4 heteroatoms. The summed E-state index contributed by atoms with van der Waals surface area (Å²) in [7, 11) is -2.44. The first-order valence-corrected chi connectivity index (χ1v) is 15.2. The largest absolute Gasteiger partial charge is 0.457 e. The predicted molar refractivity (Wildman–Crippen MR) is 158 cm³/mol. The Morgan fingerprint density at radius 3 is 1.68 bits per heavy atom. The number of benzene rings is 4. The van der Waals surface area contributed by atoms with Crippen LogP contribution in [0.15, 0.2) is 115 Å². The van der Waals surface area contributed by atoms with E-state index in [-0.39, 0.29) is 5.04 Å². The van der Waals surface area contributed by atoms with Gasteiger partial charge in [-0.15, -0.1) is 0 Å². The third-order valence-electron chi connectivity index (χ3n) is 6.73. The second kappa shape index (κ2) is 12.9. The third-order valence-corrected chi connectivity index (χ3v) is 11.8. The maximum atomic E-state index is 6.98. The molecule has 0 atom stereocenters. The van der Waals surface area contributed by atoms with Crippen LogP contribution in [0, 0.1) is 0 Å². The highest BCUT2D eigenvalue weighted by Crippen LogP contribution is 2.36. The van der Waals surface area contributed by atoms with E-state index in [1.165, 1.54) is 15.9 Å². The van der Waals surface area contributed by atoms with Crippen LogP contribution < -0.4 is 20.4 Å². The van der Waals surface area contributed by atoms with Crippen molar-refractivity contribution in [3.63, 3.8) is 0 Å². The Bertz CT molecular complexity index is 1150. The second-order valence-corrected chi connectivity index (χ2v) is 14.7. The Balaban J connectivity index is 1.28. The summed E-state index contributed by atoms with van der Waals surface area (Å²) < 4.78 is 12.9. The molecule has 0 unspecified atom stereocenters. The van der Waals surface area contributed by atoms with Crippen molar-refractivity contribution in [2.24, 2.45) is 0 Å². The molecule has 3 nitrogen and oxygen atoms in total. The molecule has 192 valence electrons. The minimum Gasteiger partial charge on any atom is -0.457 e. The minimum absolute atomic E-state index is 0.0134. The Hall–Kier alpha value is -3.18. The molecule has 0 bridgehead atoms. The summed E-state index contributed by atoms with van der Waals surface area (Å²) in [5.41, 5.74) is 1.30. The third kappa shape index (κ3) is 6.98. The lowest BCUT2D eigenvalue weighted by Crippen LogP contribution is -2.66. The van der Waals surface area contributed by atoms with Crippen LogP contribution in [0.25, 0.3) is 0 Å². The van der Waals surface area contributed by atoms with Crippen LogP contribution in [-0.2, 0) is 10.8 Å². The molecule has 37 heavy (non-hydrogen) atoms. The highest BCUT2D eigenvalue weighted by atomic mass is 28.4. The fourth-order valence-corrected chi connectivity index (χ4v) is 9.50. The molecule has 4 aromatic carbocycles. The first kappa shape index (κ1) is 26.9. The lowest BCUT2D eigenvalue weighted by Gasteiger charge is -2.43. The maximum absolute atomic E-state index is 6.98. The molecule has 0 aliphatic heterocycles. The van der Waals surface area contributed by atoms with E-state index in [1.807, 2.05) is 42.5 Å². The fraction of sp³-hybridized carbons (Fsp3) is 0.273. The zero-order valence-electron chi connectivity index (χ0n) is 22.3. The van der Waals surface area contributed by atoms with Crippen LogP contribution in [0.3, 0.4) is 0 Å². The zero-order valence-corrected chi connectivity index (χ0v) is 23.3. The topological polar surface area (TPSA) is 30.5 Å². The Labute approximate surface area is 223 Å². The smallest absolute Gasteiger partial charge is 0.261 e. The molecule has 0 saturated heterocycles. The number of rotatable bonds is 12. The normalized spacial score (nSPS) is 11.9. The number of hydrogen-bond acceptors (Lipinski definition) is 3. The van der Waals surface area contributed by atoms with Gasteiger partial charge in [-0.25, -0.2) is 0 Å². The molecule has 0 aliphatic carbocycles. The van der Waals surface area contributed by atoms with E-state index in [1.54, 1.807) is 0 Å². The minimum atomic E-state index is -2.44. The molecule has 0 fully saturated rings. The van der Waals surface area contributed by atoms with Gasteiger partial charge in [-0.3, -0.25) is 0 Å². The van der Waals surface area contributed by atoms with Gasteiger partial charge in [0.25, 0.3) is 8.32 Å². The van der Waals surface area contributed by atoms with E-state index in [9.17, 15) is 0 Å². The van der Waals surface area contributed by atoms with Crippen molar-refractivity contribution >= 4 is 18.7 Å². The van der Waals surface area contributed by atoms with Gasteiger partial charge in [-0.1, -0.05) is 112 Å². The van der Waals surface area contributed by atoms with Crippen molar-refractivity contribution in [2.75, 3.05) is 19.7 Å². The van der Waals surface area contributed by atoms with Crippen LogP contribution in [0.5, 0.6) is 11.5 Å². The van der Waals surface area contributed by atoms with Gasteiger partial charge in [-0.2, -0.15) is 0 Å². The lowest BCUT2D eigenvalue weighted by molar-refractivity contribution is 0.290. The number of hydrogen-bond donors (Lipinski definition) is 1. The van der Waals surface area contributed by atoms with E-state index in [0.717, 1.165) is 44.0 Å². The standard InChI is InChI=1S/C33H39NO2Si/c1-33(2,3)37(31-16-9-5-10-17-31,32-18-11-6-12-19-32)35-27-13-25-34-26-24-28-20-22-30(23-21-28)36-29-14-7-4-8-15-29/h4-12,14-23,34H,13,24-27H2,1-3H3. The van der Waals surface area contributed by atoms with E-state index >= 15 is 0 Å². The van der Waals surface area contributed by atoms with Gasteiger partial charge in [0.1, 0.15) is 11.5 Å². The molecule has 4 rings (SSSR count). The van der Waals surface area contributed by atoms with Crippen molar-refractivity contribution in [1.82, 2.24) is 5.32 Å². The van der Waals surface area contributed by atoms with Gasteiger partial charge in [0.15, 0.2) is 0 Å². The van der Waals surface area contributed by atoms with Gasteiger partial charge >= 0.3 is 0 Å². The Morgan fingerprint density at radius 1 is 0.622 bits per heavy atom. The second-order valence-electron chi connectivity index (χ2n) is 10.4. The summed E-state index contributed by atoms with van der Waals surface area (Å²) in [5, 5.41) is 6.28. The molecule has 0 heterocycles. The molecule has 0 aliphatic rings. The predicted octanol–water partition coefficient (Wildman–Crippen LogP) is 6.58. The first-order valence-electron chi connectivity index (χ1n) is 13.3. The van der Waals surface area contributed by atoms with E-state index in [0.29, 0.717) is 0 Å². The van der Waals surface area contributed by atoms with Crippen molar-refractivity contribution in [3.8, 4) is 11.5 Å². The van der Waals surface area contributed by atoms with Crippen molar-refractivity contribution < 1.29 is 9.16 Å². The van der Waals surface area contributed by atoms with Crippen LogP contribution in [0.1, 0.15) is 32.8 Å². The summed E-state index contributed by atoms with van der Waals surface area (Å²) in [4.78, 5) is 0. The average Bonchev–Trinajstić information content (AvgIpc) is 2.92. The molecule has 0 amide bonds. The monoisotopic (exact) mass is 509 g/mol. The highest BCUT2D eigenvalue weighted by Gasteiger charge is 2.49. The molecule has 4 aromatic rings. The first-order chi connectivity index (χ1) is 18.0. The van der Waals surface area contributed by atoms with E-state index < -0.39 is 8.32 Å². The molecule has 0 saturated carbocycles. The van der Waals surface area contributed by atoms with Crippen LogP contribution in [0.2, 0.25) is 5.04 Å². The molecule has 0 aromatic heterocycles. The zero-order chi connectivity index (χ0) is 26.0. The summed E-state index contributed by atoms with van der Waals surface area (Å²) in [6.07, 6.45) is 1.97. The number of nitrogens with one attached hydrogen (secondary N) is 1. The van der Waals surface area contributed by atoms with Crippen molar-refractivity contribution in [1.29, 1.82) is 0 Å². The van der Waals surface area contributed by atoms with Gasteiger partial charge in [0, 0.05) is 6.61 Å². The lowest BCUT2D eigenvalue weighted by atomic mass is 10.1. The van der Waals surface area contributed by atoms with E-state index in [4.69, 9.17) is 9.16 Å². The van der Waals surface area contributed by atoms with Gasteiger partial charge in [-0.05, 0) is 71.2 Å². The highest BCUT2D eigenvalue weighted by molar-refractivity contribution is 6.99. The van der Waals surface area contributed by atoms with Gasteiger partial charge < -0.3 is 14.5 Å². The summed E-state index contributed by atoms with van der Waals surface area (Å²) in [6.45, 7) is 9.60. The molecule has 0 spiro atoms. The summed E-state index contributed by atoms with van der Waals surface area (Å²) in [6, 6.07) is 40.0. The van der Waals surface area contributed by atoms with E-state index in [2.05, 4.69) is 98.9 Å². The molecular formula is C33H39NO2Si. The van der Waals surface area contributed by atoms with Crippen LogP contribution in [-0.4, -0.2) is 28.0 Å². The van der Waals surface area contributed by atoms with Crippen LogP contribution >= 0.6 is 0 Å². The van der Waals surface area contributed by atoms with Crippen molar-refractivity contribution in [3.05, 3.63) is 121 Å². The van der Waals surface area contributed by atoms with Crippen molar-refractivity contribution in [2.45, 2.75) is 38.7 Å². The maximum Gasteiger partial charge on any atom is 0.261 e. The summed E-state index contributed by atoms with van der Waals surface area (Å²) >= 11 is 0. The quantitative estimate of drug-likeness (QED) is 0.173. The number of ether oxygens (including phenoxy) is 1. The molecule has 0 radical (unpaired) electrons. The molecule has 1 N–H and O–H groups in total.